The lowest BCUT2D eigenvalue weighted by atomic mass is 9.62. The Bertz CT molecular complexity index is 1290. The second kappa shape index (κ2) is 10.2. The molecule has 0 aliphatic carbocycles. The van der Waals surface area contributed by atoms with Crippen LogP contribution < -0.4 is 15.0 Å². The van der Waals surface area contributed by atoms with Gasteiger partial charge in [0.25, 0.3) is 5.91 Å². The minimum Gasteiger partial charge on any atom is -0.463 e. The van der Waals surface area contributed by atoms with Crippen LogP contribution in [0.3, 0.4) is 0 Å². The highest BCUT2D eigenvalue weighted by molar-refractivity contribution is 5.96. The van der Waals surface area contributed by atoms with E-state index >= 15 is 0 Å². The zero-order chi connectivity index (χ0) is 30.9. The first-order valence-electron chi connectivity index (χ1n) is 15.6. The number of esters is 1. The first-order valence-corrected chi connectivity index (χ1v) is 15.6. The van der Waals surface area contributed by atoms with Gasteiger partial charge in [-0.1, -0.05) is 6.92 Å². The van der Waals surface area contributed by atoms with Crippen LogP contribution in [0, 0.1) is 5.41 Å². The van der Waals surface area contributed by atoms with Crippen molar-refractivity contribution in [3.05, 3.63) is 11.3 Å². The molecule has 1 aromatic rings. The number of fused-ring (bicyclic) bond motifs is 1. The molecule has 2 atom stereocenters. The quantitative estimate of drug-likeness (QED) is 0.506. The maximum Gasteiger partial charge on any atom is 0.410 e. The average Bonchev–Trinajstić information content (AvgIpc) is 2.86. The molecule has 2 amide bonds. The number of ether oxygens (including phenoxy) is 3. The second-order valence-electron chi connectivity index (χ2n) is 15.3. The lowest BCUT2D eigenvalue weighted by molar-refractivity contribution is -0.233. The number of amides is 2. The van der Waals surface area contributed by atoms with Gasteiger partial charge in [0.05, 0.1) is 6.61 Å². The Morgan fingerprint density at radius 2 is 1.60 bits per heavy atom. The number of rotatable bonds is 5. The Morgan fingerprint density at radius 1 is 0.977 bits per heavy atom. The van der Waals surface area contributed by atoms with Crippen LogP contribution in [0.5, 0.6) is 6.01 Å². The van der Waals surface area contributed by atoms with Gasteiger partial charge in [-0.25, -0.2) is 4.79 Å². The van der Waals surface area contributed by atoms with Gasteiger partial charge in [0.2, 0.25) is 0 Å². The van der Waals surface area contributed by atoms with E-state index in [0.717, 1.165) is 50.2 Å². The van der Waals surface area contributed by atoms with Gasteiger partial charge < -0.3 is 29.3 Å². The van der Waals surface area contributed by atoms with Crippen molar-refractivity contribution in [2.45, 2.75) is 109 Å². The summed E-state index contributed by atoms with van der Waals surface area (Å²) in [5.74, 6) is 0.445. The molecule has 4 saturated heterocycles. The maximum absolute atomic E-state index is 13.0. The molecule has 0 saturated carbocycles. The van der Waals surface area contributed by atoms with E-state index < -0.39 is 16.7 Å². The van der Waals surface area contributed by atoms with Gasteiger partial charge in [-0.3, -0.25) is 14.5 Å². The zero-order valence-electron chi connectivity index (χ0n) is 26.6. The Balaban J connectivity index is 1.14. The number of hydrogen-bond acceptors (Lipinski definition) is 10. The van der Waals surface area contributed by atoms with Crippen LogP contribution in [0.25, 0.3) is 0 Å². The molecule has 4 fully saturated rings. The summed E-state index contributed by atoms with van der Waals surface area (Å²) in [4.78, 5) is 54.2. The fourth-order valence-corrected chi connectivity index (χ4v) is 7.27. The Kier molecular flexibility index (Phi) is 7.10. The molecular weight excluding hydrogens is 552 g/mol. The second-order valence-corrected chi connectivity index (χ2v) is 15.3. The predicted molar refractivity (Wildman–Crippen MR) is 158 cm³/mol. The molecule has 6 rings (SSSR count). The van der Waals surface area contributed by atoms with Crippen molar-refractivity contribution in [1.29, 1.82) is 0 Å². The van der Waals surface area contributed by atoms with Crippen LogP contribution in [0.4, 0.5) is 10.6 Å². The van der Waals surface area contributed by atoms with Crippen LogP contribution in [0.2, 0.25) is 0 Å². The molecule has 5 aliphatic heterocycles. The summed E-state index contributed by atoms with van der Waals surface area (Å²) >= 11 is 0. The fourth-order valence-electron chi connectivity index (χ4n) is 7.27. The van der Waals surface area contributed by atoms with Gasteiger partial charge in [-0.2, -0.15) is 9.97 Å². The summed E-state index contributed by atoms with van der Waals surface area (Å²) in [5, 5.41) is 2.91. The van der Waals surface area contributed by atoms with E-state index in [1.807, 2.05) is 41.5 Å². The number of hydrogen-bond donors (Lipinski definition) is 1. The van der Waals surface area contributed by atoms with Crippen molar-refractivity contribution >= 4 is 23.8 Å². The maximum atomic E-state index is 13.0. The number of carbonyl (C=O) groups excluding carboxylic acids is 3. The monoisotopic (exact) mass is 598 g/mol. The predicted octanol–water partition coefficient (Wildman–Crippen LogP) is 2.93. The lowest BCUT2D eigenvalue weighted by Gasteiger charge is -2.72. The third kappa shape index (κ3) is 5.62. The molecule has 6 heterocycles. The van der Waals surface area contributed by atoms with E-state index in [1.165, 1.54) is 0 Å². The number of likely N-dealkylation sites (tertiary alicyclic amines) is 1. The number of nitrogens with zero attached hydrogens (tertiary/aromatic N) is 5. The molecule has 5 aliphatic rings. The first-order chi connectivity index (χ1) is 20.1. The highest BCUT2D eigenvalue weighted by Gasteiger charge is 2.70. The number of piperazine rings is 1. The third-order valence-corrected chi connectivity index (χ3v) is 9.38. The number of nitrogens with one attached hydrogen (secondary N) is 1. The van der Waals surface area contributed by atoms with Crippen LogP contribution in [-0.4, -0.2) is 106 Å². The lowest BCUT2D eigenvalue weighted by Crippen LogP contribution is -2.87. The largest absolute Gasteiger partial charge is 0.463 e. The van der Waals surface area contributed by atoms with Crippen LogP contribution in [0.1, 0.15) is 90.2 Å². The van der Waals surface area contributed by atoms with Crippen molar-refractivity contribution in [3.63, 3.8) is 0 Å². The first kappa shape index (κ1) is 29.9. The number of aromatic nitrogens is 2. The Labute approximate surface area is 253 Å². The van der Waals surface area contributed by atoms with Crippen molar-refractivity contribution in [3.8, 4) is 6.01 Å². The summed E-state index contributed by atoms with van der Waals surface area (Å²) in [6.45, 7) is 17.0. The van der Waals surface area contributed by atoms with Gasteiger partial charge in [0.15, 0.2) is 0 Å². The zero-order valence-corrected chi connectivity index (χ0v) is 26.6. The molecule has 0 radical (unpaired) electrons. The highest BCUT2D eigenvalue weighted by Crippen LogP contribution is 2.55. The molecule has 12 nitrogen and oxygen atoms in total. The van der Waals surface area contributed by atoms with E-state index in [2.05, 4.69) is 27.0 Å². The molecule has 1 N–H and O–H groups in total. The Morgan fingerprint density at radius 3 is 2.21 bits per heavy atom. The van der Waals surface area contributed by atoms with E-state index in [-0.39, 0.29) is 41.5 Å². The molecule has 1 aromatic heterocycles. The average molecular weight is 599 g/mol. The van der Waals surface area contributed by atoms with E-state index in [1.54, 1.807) is 4.90 Å². The topological polar surface area (TPSA) is 126 Å². The molecule has 0 aromatic carbocycles. The van der Waals surface area contributed by atoms with E-state index in [0.29, 0.717) is 38.4 Å². The van der Waals surface area contributed by atoms with Crippen molar-refractivity contribution in [1.82, 2.24) is 25.1 Å². The summed E-state index contributed by atoms with van der Waals surface area (Å²) in [5.41, 5.74) is -0.452. The smallest absolute Gasteiger partial charge is 0.410 e. The summed E-state index contributed by atoms with van der Waals surface area (Å²) < 4.78 is 17.5. The van der Waals surface area contributed by atoms with E-state index in [4.69, 9.17) is 19.2 Å². The van der Waals surface area contributed by atoms with Gasteiger partial charge >= 0.3 is 18.1 Å². The molecule has 2 unspecified atom stereocenters. The number of piperidine rings is 2. The standard InChI is InChI=1S/C31H46N6O6/c1-28(2,3)42-25(39)31-14-19-16-36(17-20(15-31)37(19)31)23-21-8-11-32-24(38)22(21)33-26(34-23)41-18-30(7)9-12-35(13-10-30)27(40)43-29(4,5)6/h19-20H,8-18H2,1-7H3,(H,32,38). The molecule has 0 spiro atoms. The highest BCUT2D eigenvalue weighted by atomic mass is 16.6. The van der Waals surface area contributed by atoms with Crippen molar-refractivity contribution in [2.24, 2.45) is 5.41 Å². The summed E-state index contributed by atoms with van der Waals surface area (Å²) in [6, 6.07) is 0.678. The third-order valence-electron chi connectivity index (χ3n) is 9.38. The summed E-state index contributed by atoms with van der Waals surface area (Å²) in [7, 11) is 0. The van der Waals surface area contributed by atoms with Crippen LogP contribution in [0.15, 0.2) is 0 Å². The van der Waals surface area contributed by atoms with Crippen molar-refractivity contribution in [2.75, 3.05) is 44.2 Å². The SMILES string of the molecule is CC1(COc2nc3c(c(N4CC5CC6(C(=O)OC(C)(C)C)CC(C4)N56)n2)CCNC3=O)CCN(C(=O)OC(C)(C)C)CC1. The normalized spacial score (nSPS) is 28.0. The van der Waals surface area contributed by atoms with Crippen LogP contribution >= 0.6 is 0 Å². The minimum atomic E-state index is -0.528. The fraction of sp³-hybridized carbons (Fsp3) is 0.774. The van der Waals surface area contributed by atoms with Gasteiger partial charge in [-0.05, 0) is 73.6 Å². The van der Waals surface area contributed by atoms with Gasteiger partial charge in [0, 0.05) is 55.8 Å². The minimum absolute atomic E-state index is 0.113. The van der Waals surface area contributed by atoms with Gasteiger partial charge in [-0.15, -0.1) is 0 Å². The number of carbonyl (C=O) groups is 3. The summed E-state index contributed by atoms with van der Waals surface area (Å²) in [6.07, 6.45) is 3.43. The Hall–Kier alpha value is -3.15. The van der Waals surface area contributed by atoms with Gasteiger partial charge in [0.1, 0.15) is 28.3 Å². The number of anilines is 1. The van der Waals surface area contributed by atoms with Crippen molar-refractivity contribution < 1.29 is 28.6 Å². The molecular formula is C31H46N6O6. The van der Waals surface area contributed by atoms with E-state index in [9.17, 15) is 14.4 Å². The molecule has 0 bridgehead atoms. The molecule has 236 valence electrons. The van der Waals surface area contributed by atoms with Crippen LogP contribution in [-0.2, 0) is 20.7 Å². The molecule has 12 heteroatoms. The molecule has 43 heavy (non-hydrogen) atoms.